The first kappa shape index (κ1) is 12.0. The van der Waals surface area contributed by atoms with Crippen molar-refractivity contribution in [2.24, 2.45) is 5.92 Å². The fraction of sp³-hybridized carbons (Fsp3) is 0.625. The van der Waals surface area contributed by atoms with Crippen molar-refractivity contribution in [3.8, 4) is 5.75 Å². The molecule has 1 aromatic rings. The van der Waals surface area contributed by atoms with Gasteiger partial charge in [0.15, 0.2) is 0 Å². The molecule has 98 valence electrons. The minimum atomic E-state index is -0.266. The van der Waals surface area contributed by atoms with Gasteiger partial charge in [0.05, 0.1) is 12.7 Å². The normalized spacial score (nSPS) is 23.9. The first-order valence-corrected chi connectivity index (χ1v) is 7.26. The highest BCUT2D eigenvalue weighted by molar-refractivity contribution is 5.38. The van der Waals surface area contributed by atoms with Crippen molar-refractivity contribution in [2.45, 2.75) is 51.0 Å². The van der Waals surface area contributed by atoms with E-state index in [-0.39, 0.29) is 6.10 Å². The number of rotatable bonds is 3. The molecule has 3 rings (SSSR count). The Balaban J connectivity index is 1.66. The van der Waals surface area contributed by atoms with E-state index < -0.39 is 0 Å². The van der Waals surface area contributed by atoms with E-state index in [1.54, 1.807) is 0 Å². The van der Waals surface area contributed by atoms with Gasteiger partial charge in [0.2, 0.25) is 0 Å². The highest BCUT2D eigenvalue weighted by atomic mass is 16.5. The number of ether oxygens (including phenoxy) is 1. The van der Waals surface area contributed by atoms with Crippen molar-refractivity contribution >= 4 is 0 Å². The zero-order chi connectivity index (χ0) is 12.4. The molecule has 0 spiro atoms. The molecular formula is C16H22O2. The number of hydrogen-bond acceptors (Lipinski definition) is 2. The molecule has 0 amide bonds. The van der Waals surface area contributed by atoms with Crippen LogP contribution in [0.4, 0.5) is 0 Å². The predicted molar refractivity (Wildman–Crippen MR) is 71.8 cm³/mol. The molecule has 2 aliphatic carbocycles. The second-order valence-corrected chi connectivity index (χ2v) is 5.73. The molecule has 2 heteroatoms. The Hall–Kier alpha value is -1.02. The number of hydrogen-bond donors (Lipinski definition) is 1. The van der Waals surface area contributed by atoms with E-state index in [2.05, 4.69) is 6.07 Å². The fourth-order valence-corrected chi connectivity index (χ4v) is 3.25. The van der Waals surface area contributed by atoms with E-state index in [0.29, 0.717) is 0 Å². The Labute approximate surface area is 109 Å². The van der Waals surface area contributed by atoms with Gasteiger partial charge in [0.1, 0.15) is 5.75 Å². The highest BCUT2D eigenvalue weighted by Crippen LogP contribution is 2.32. The van der Waals surface area contributed by atoms with Crippen LogP contribution in [0.15, 0.2) is 18.2 Å². The lowest BCUT2D eigenvalue weighted by molar-refractivity contribution is 0.156. The Morgan fingerprint density at radius 2 is 1.94 bits per heavy atom. The van der Waals surface area contributed by atoms with Gasteiger partial charge in [-0.1, -0.05) is 18.9 Å². The number of benzene rings is 1. The molecule has 0 aliphatic heterocycles. The maximum atomic E-state index is 9.91. The number of fused-ring (bicyclic) bond motifs is 1. The van der Waals surface area contributed by atoms with Crippen LogP contribution in [0.5, 0.6) is 5.75 Å². The highest BCUT2D eigenvalue weighted by Gasteiger charge is 2.19. The topological polar surface area (TPSA) is 29.5 Å². The first-order valence-electron chi connectivity index (χ1n) is 7.26. The third kappa shape index (κ3) is 2.54. The SMILES string of the molecule is OC1CCCc2cc(OCC3CCCC3)ccc21. The van der Waals surface area contributed by atoms with Crippen molar-refractivity contribution in [1.29, 1.82) is 0 Å². The number of aliphatic hydroxyl groups is 1. The Morgan fingerprint density at radius 1 is 1.11 bits per heavy atom. The molecule has 1 unspecified atom stereocenters. The van der Waals surface area contributed by atoms with Gasteiger partial charge in [-0.2, -0.15) is 0 Å². The van der Waals surface area contributed by atoms with E-state index in [9.17, 15) is 5.11 Å². The molecule has 1 N–H and O–H groups in total. The third-order valence-corrected chi connectivity index (χ3v) is 4.36. The van der Waals surface area contributed by atoms with Crippen LogP contribution in [0.3, 0.4) is 0 Å². The Bertz CT molecular complexity index is 408. The summed E-state index contributed by atoms with van der Waals surface area (Å²) in [6.45, 7) is 0.862. The molecule has 1 fully saturated rings. The second-order valence-electron chi connectivity index (χ2n) is 5.73. The van der Waals surface area contributed by atoms with Gasteiger partial charge in [-0.25, -0.2) is 0 Å². The zero-order valence-electron chi connectivity index (χ0n) is 10.9. The summed E-state index contributed by atoms with van der Waals surface area (Å²) in [5.41, 5.74) is 2.38. The van der Waals surface area contributed by atoms with Crippen LogP contribution in [-0.4, -0.2) is 11.7 Å². The van der Waals surface area contributed by atoms with Gasteiger partial charge in [-0.05, 0) is 61.3 Å². The summed E-state index contributed by atoms with van der Waals surface area (Å²) in [6.07, 6.45) is 8.17. The third-order valence-electron chi connectivity index (χ3n) is 4.36. The van der Waals surface area contributed by atoms with Crippen LogP contribution in [0.2, 0.25) is 0 Å². The van der Waals surface area contributed by atoms with Crippen LogP contribution < -0.4 is 4.74 Å². The van der Waals surface area contributed by atoms with E-state index in [1.807, 2.05) is 12.1 Å². The molecule has 0 aromatic heterocycles. The average molecular weight is 246 g/mol. The lowest BCUT2D eigenvalue weighted by Crippen LogP contribution is -2.11. The summed E-state index contributed by atoms with van der Waals surface area (Å²) in [4.78, 5) is 0. The van der Waals surface area contributed by atoms with E-state index in [4.69, 9.17) is 4.74 Å². The van der Waals surface area contributed by atoms with Gasteiger partial charge >= 0.3 is 0 Å². The van der Waals surface area contributed by atoms with E-state index in [1.165, 1.54) is 31.2 Å². The molecule has 2 nitrogen and oxygen atoms in total. The summed E-state index contributed by atoms with van der Waals surface area (Å²) in [5, 5.41) is 9.91. The molecule has 0 heterocycles. The minimum Gasteiger partial charge on any atom is -0.493 e. The quantitative estimate of drug-likeness (QED) is 0.882. The maximum Gasteiger partial charge on any atom is 0.119 e. The van der Waals surface area contributed by atoms with E-state index >= 15 is 0 Å². The lowest BCUT2D eigenvalue weighted by atomic mass is 9.89. The molecule has 0 bridgehead atoms. The first-order chi connectivity index (χ1) is 8.83. The van der Waals surface area contributed by atoms with Crippen molar-refractivity contribution in [1.82, 2.24) is 0 Å². The van der Waals surface area contributed by atoms with Gasteiger partial charge in [-0.15, -0.1) is 0 Å². The van der Waals surface area contributed by atoms with Crippen LogP contribution in [-0.2, 0) is 6.42 Å². The molecule has 1 saturated carbocycles. The van der Waals surface area contributed by atoms with Crippen LogP contribution >= 0.6 is 0 Å². The number of aliphatic hydroxyl groups excluding tert-OH is 1. The summed E-state index contributed by atoms with van der Waals surface area (Å²) in [5.74, 6) is 1.74. The summed E-state index contributed by atoms with van der Waals surface area (Å²) < 4.78 is 5.91. The Morgan fingerprint density at radius 3 is 2.78 bits per heavy atom. The van der Waals surface area contributed by atoms with Gasteiger partial charge < -0.3 is 9.84 Å². The summed E-state index contributed by atoms with van der Waals surface area (Å²) >= 11 is 0. The van der Waals surface area contributed by atoms with Crippen molar-refractivity contribution in [3.05, 3.63) is 29.3 Å². The smallest absolute Gasteiger partial charge is 0.119 e. The molecule has 18 heavy (non-hydrogen) atoms. The maximum absolute atomic E-state index is 9.91. The van der Waals surface area contributed by atoms with Crippen LogP contribution in [0.1, 0.15) is 55.8 Å². The van der Waals surface area contributed by atoms with Gasteiger partial charge in [0.25, 0.3) is 0 Å². The van der Waals surface area contributed by atoms with Crippen LogP contribution in [0, 0.1) is 5.92 Å². The molecule has 1 atom stereocenters. The second kappa shape index (κ2) is 5.31. The van der Waals surface area contributed by atoms with Gasteiger partial charge in [-0.3, -0.25) is 0 Å². The minimum absolute atomic E-state index is 0.266. The van der Waals surface area contributed by atoms with E-state index in [0.717, 1.165) is 43.1 Å². The average Bonchev–Trinajstić information content (AvgIpc) is 2.90. The molecule has 0 saturated heterocycles. The van der Waals surface area contributed by atoms with Crippen molar-refractivity contribution < 1.29 is 9.84 Å². The largest absolute Gasteiger partial charge is 0.493 e. The zero-order valence-corrected chi connectivity index (χ0v) is 10.9. The molecule has 1 aromatic carbocycles. The lowest BCUT2D eigenvalue weighted by Gasteiger charge is -2.22. The van der Waals surface area contributed by atoms with Crippen molar-refractivity contribution in [2.75, 3.05) is 6.61 Å². The molecule has 2 aliphatic rings. The fourth-order valence-electron chi connectivity index (χ4n) is 3.25. The summed E-state index contributed by atoms with van der Waals surface area (Å²) in [7, 11) is 0. The standard InChI is InChI=1S/C16H22O2/c17-16-7-3-6-13-10-14(8-9-15(13)16)18-11-12-4-1-2-5-12/h8-10,12,16-17H,1-7,11H2. The molecule has 0 radical (unpaired) electrons. The summed E-state index contributed by atoms with van der Waals surface area (Å²) in [6, 6.07) is 6.19. The van der Waals surface area contributed by atoms with Gasteiger partial charge in [0, 0.05) is 0 Å². The molecular weight excluding hydrogens is 224 g/mol. The number of aryl methyl sites for hydroxylation is 1. The van der Waals surface area contributed by atoms with Crippen LogP contribution in [0.25, 0.3) is 0 Å². The van der Waals surface area contributed by atoms with Crippen molar-refractivity contribution in [3.63, 3.8) is 0 Å². The Kier molecular flexibility index (Phi) is 3.55. The monoisotopic (exact) mass is 246 g/mol. The predicted octanol–water partition coefficient (Wildman–Crippen LogP) is 3.63.